The van der Waals surface area contributed by atoms with E-state index >= 15 is 0 Å². The lowest BCUT2D eigenvalue weighted by Crippen LogP contribution is -2.22. The zero-order valence-corrected chi connectivity index (χ0v) is 73.8. The minimum atomic E-state index is -1.04. The van der Waals surface area contributed by atoms with E-state index in [4.69, 9.17) is 73.0 Å². The molecule has 0 saturated heterocycles. The molecule has 0 unspecified atom stereocenters. The smallest absolute Gasteiger partial charge is 0.323 e. The number of anilines is 1. The number of rotatable bonds is 25. The topological polar surface area (TPSA) is 369 Å². The molecule has 0 spiro atoms. The molecule has 125 heavy (non-hydrogen) atoms. The number of halogens is 5. The van der Waals surface area contributed by atoms with Crippen LogP contribution in [0.25, 0.3) is 109 Å². The fraction of sp³-hybridized carbons (Fsp3) is 0.247. The summed E-state index contributed by atoms with van der Waals surface area (Å²) >= 11 is 33.1. The third-order valence-corrected chi connectivity index (χ3v) is 23.5. The van der Waals surface area contributed by atoms with Gasteiger partial charge in [-0.1, -0.05) is 141 Å². The first-order chi connectivity index (χ1) is 59.8. The van der Waals surface area contributed by atoms with Crippen LogP contribution in [-0.4, -0.2) is 111 Å². The highest BCUT2D eigenvalue weighted by molar-refractivity contribution is 7.99. The maximum Gasteiger partial charge on any atom is 0.323 e. The maximum absolute atomic E-state index is 13.0. The number of para-hydroxylation sites is 2. The average Bonchev–Trinajstić information content (AvgIpc) is 0.760. The summed E-state index contributed by atoms with van der Waals surface area (Å²) in [6, 6.07) is 46.6. The number of aryl methyl sites for hydroxylation is 3. The number of aliphatic carboxylic acids is 5. The maximum atomic E-state index is 13.0. The van der Waals surface area contributed by atoms with Gasteiger partial charge in [-0.15, -0.1) is 11.8 Å². The number of carboxylic acid groups (broad SMARTS) is 5. The SMILES string of the molecule is CCCCCCOc1c(Cl)ccc2c(=O)c3ccccc3n(CC(=O)O)c12.CCN(C)c1c(Cl)ccc2c(=O)c3ccc(C)cc3n(CC(=O)O)c12.CCOc1c(Cl)ccc2c(=O)c3ccc(CC)cc3n(CC(=O)O)c12.CCSc1c(Cl)ccc2c(=O)c3ccc(C)cc3n(CC(=O)O)c12.N=[N+]=NCc1c(Cl)ccc2c(=O)c3ccccc3n(CC(=O)O)c12. The third kappa shape index (κ3) is 20.0. The van der Waals surface area contributed by atoms with Crippen molar-refractivity contribution in [2.24, 2.45) is 5.11 Å². The number of carbonyl (C=O) groups is 5. The lowest BCUT2D eigenvalue weighted by molar-refractivity contribution is -0.138. The highest BCUT2D eigenvalue weighted by Crippen LogP contribution is 2.40. The van der Waals surface area contributed by atoms with Gasteiger partial charge in [0.05, 0.1) is 110 Å². The Balaban J connectivity index is 0.000000152. The highest BCUT2D eigenvalue weighted by atomic mass is 35.5. The van der Waals surface area contributed by atoms with Crippen LogP contribution in [0.15, 0.2) is 198 Å². The molecule has 5 heterocycles. The van der Waals surface area contributed by atoms with Gasteiger partial charge in [0.15, 0.2) is 45.2 Å². The number of thioether (sulfide) groups is 1. The molecule has 0 aliphatic rings. The van der Waals surface area contributed by atoms with Gasteiger partial charge in [-0.3, -0.25) is 47.9 Å². The first-order valence-electron chi connectivity index (χ1n) is 39.8. The van der Waals surface area contributed by atoms with E-state index in [0.717, 1.165) is 59.4 Å². The Morgan fingerprint density at radius 2 is 0.800 bits per heavy atom. The van der Waals surface area contributed by atoms with E-state index in [9.17, 15) is 73.5 Å². The van der Waals surface area contributed by atoms with Crippen LogP contribution < -0.4 is 46.4 Å². The van der Waals surface area contributed by atoms with Crippen molar-refractivity contribution in [2.45, 2.75) is 125 Å². The van der Waals surface area contributed by atoms with Crippen molar-refractivity contribution < 1.29 is 59.0 Å². The Labute approximate surface area is 742 Å². The summed E-state index contributed by atoms with van der Waals surface area (Å²) in [7, 11) is 1.87. The molecule has 26 nitrogen and oxygen atoms in total. The van der Waals surface area contributed by atoms with Crippen molar-refractivity contribution in [2.75, 3.05) is 37.5 Å². The Hall–Kier alpha value is -12.6. The first-order valence-corrected chi connectivity index (χ1v) is 42.7. The molecule has 0 atom stereocenters. The molecular weight excluding hydrogens is 1720 g/mol. The van der Waals surface area contributed by atoms with Gasteiger partial charge < -0.3 is 62.7 Å². The van der Waals surface area contributed by atoms with Crippen molar-refractivity contribution in [1.29, 1.82) is 5.53 Å². The van der Waals surface area contributed by atoms with Crippen molar-refractivity contribution in [3.05, 3.63) is 262 Å². The van der Waals surface area contributed by atoms with Gasteiger partial charge in [0, 0.05) is 67.3 Å². The summed E-state index contributed by atoms with van der Waals surface area (Å²) in [6.07, 6.45) is 4.95. The molecule has 0 aliphatic heterocycles. The second-order valence-corrected chi connectivity index (χ2v) is 32.4. The fourth-order valence-corrected chi connectivity index (χ4v) is 17.3. The zero-order valence-electron chi connectivity index (χ0n) is 69.2. The van der Waals surface area contributed by atoms with E-state index < -0.39 is 29.8 Å². The number of ether oxygens (including phenoxy) is 2. The van der Waals surface area contributed by atoms with Crippen LogP contribution in [0.5, 0.6) is 11.5 Å². The number of aromatic nitrogens is 5. The number of nitrogens with one attached hydrogen (secondary N) is 1. The Kier molecular flexibility index (Phi) is 30.7. The highest BCUT2D eigenvalue weighted by Gasteiger charge is 2.26. The van der Waals surface area contributed by atoms with Crippen LogP contribution in [0, 0.1) is 19.4 Å². The molecule has 0 radical (unpaired) electrons. The molecule has 0 amide bonds. The normalized spacial score (nSPS) is 11.1. The molecule has 32 heteroatoms. The zero-order chi connectivity index (χ0) is 90.5. The molecule has 0 aliphatic carbocycles. The predicted molar refractivity (Wildman–Crippen MR) is 498 cm³/mol. The molecule has 5 aromatic heterocycles. The van der Waals surface area contributed by atoms with Crippen LogP contribution in [-0.2, 0) is 69.7 Å². The predicted octanol–water partition coefficient (Wildman–Crippen LogP) is 19.6. The molecule has 646 valence electrons. The summed E-state index contributed by atoms with van der Waals surface area (Å²) < 4.78 is 19.7. The van der Waals surface area contributed by atoms with Gasteiger partial charge in [0.25, 0.3) is 0 Å². The van der Waals surface area contributed by atoms with Crippen molar-refractivity contribution in [3.63, 3.8) is 0 Å². The fourth-order valence-electron chi connectivity index (χ4n) is 15.2. The lowest BCUT2D eigenvalue weighted by atomic mass is 10.0. The lowest BCUT2D eigenvalue weighted by Gasteiger charge is -2.24. The number of pyridine rings is 5. The Morgan fingerprint density at radius 1 is 0.424 bits per heavy atom. The standard InChI is InChI=1S/C21H22ClNO4.C19H19ClN2O3.C19H18ClNO4.C18H16ClNO3S.C16H11ClN4O3/c1-2-3-4-7-12-27-21-16(22)11-10-15-19(21)23(13-18(24)25)17-9-6-5-8-14(17)20(15)26;1-4-21(3)18-14(20)8-7-13-17(18)22(10-16(23)24)15-9-11(2)5-6-12(15)19(13)25;1-3-11-5-6-12-15(9-11)21(10-16(22)23)17-13(18(12)24)7-8-14(20)19(17)25-4-2;1-3-24-18-13(19)7-6-12-16(18)20(9-15(21)22)14-8-10(2)4-5-11(14)17(12)23;17-12-6-5-10-15(11(12)7-19-20-18)21(8-14(22)23)13-4-2-1-3-9(13)16(10)24/h5-6,8-11H,2-4,7,12-13H2,1H3,(H,24,25);5-9H,4,10H2,1-3H3,(H,23,24);5-9H,3-4,10H2,1-2H3,(H,22,23);4-8H,3,9H2,1-2H3,(H,21,22);1-6,18H,7-8H2/p+1. The Morgan fingerprint density at radius 3 is 1.25 bits per heavy atom. The van der Waals surface area contributed by atoms with E-state index in [-0.39, 0.29) is 66.4 Å². The van der Waals surface area contributed by atoms with Crippen LogP contribution in [0.3, 0.4) is 0 Å². The van der Waals surface area contributed by atoms with Gasteiger partial charge >= 0.3 is 29.8 Å². The van der Waals surface area contributed by atoms with Crippen LogP contribution >= 0.6 is 69.8 Å². The van der Waals surface area contributed by atoms with E-state index in [0.29, 0.717) is 177 Å². The van der Waals surface area contributed by atoms with Crippen molar-refractivity contribution in [1.82, 2.24) is 27.7 Å². The van der Waals surface area contributed by atoms with Gasteiger partial charge in [0.1, 0.15) is 43.4 Å². The minimum Gasteiger partial charge on any atom is -0.490 e. The first kappa shape index (κ1) is 93.1. The molecule has 0 bridgehead atoms. The number of fused-ring (bicyclic) bond motifs is 10. The van der Waals surface area contributed by atoms with E-state index in [1.807, 2.05) is 89.9 Å². The molecule has 15 aromatic rings. The van der Waals surface area contributed by atoms with Gasteiger partial charge in [-0.25, -0.2) is 0 Å². The van der Waals surface area contributed by atoms with E-state index in [1.54, 1.807) is 146 Å². The number of unbranched alkanes of at least 4 members (excludes halogenated alkanes) is 3. The van der Waals surface area contributed by atoms with E-state index in [1.165, 1.54) is 16.3 Å². The molecule has 15 rings (SSSR count). The summed E-state index contributed by atoms with van der Waals surface area (Å²) in [4.78, 5) is 127. The molecule has 0 fully saturated rings. The second-order valence-electron chi connectivity index (χ2n) is 29.0. The minimum absolute atomic E-state index is 0.0168. The van der Waals surface area contributed by atoms with E-state index in [2.05, 4.69) is 16.9 Å². The van der Waals surface area contributed by atoms with Crippen LogP contribution in [0.1, 0.15) is 82.6 Å². The van der Waals surface area contributed by atoms with Crippen LogP contribution in [0.2, 0.25) is 25.1 Å². The Bertz CT molecular complexity index is 7230. The largest absolute Gasteiger partial charge is 0.490 e. The summed E-state index contributed by atoms with van der Waals surface area (Å²) in [6.45, 7) is 13.8. The second kappa shape index (κ2) is 41.3. The van der Waals surface area contributed by atoms with Gasteiger partial charge in [-0.05, 0) is 184 Å². The molecule has 10 aromatic carbocycles. The number of hydrogen-bond acceptors (Lipinski definition) is 16. The van der Waals surface area contributed by atoms with Gasteiger partial charge in [-0.2, -0.15) is 0 Å². The number of benzene rings is 10. The molecule has 6 N–H and O–H groups in total. The quantitative estimate of drug-likeness (QED) is 0.0102. The van der Waals surface area contributed by atoms with Crippen molar-refractivity contribution >= 4 is 214 Å². The number of hydrogen-bond donors (Lipinski definition) is 6. The molecular formula is C93H87Cl5N9O17S+. The third-order valence-electron chi connectivity index (χ3n) is 20.9. The molecule has 0 saturated carbocycles. The summed E-state index contributed by atoms with van der Waals surface area (Å²) in [5, 5.41) is 57.1. The summed E-state index contributed by atoms with van der Waals surface area (Å²) in [5.41, 5.74) is 15.4. The average molecular weight is 1810 g/mol. The van der Waals surface area contributed by atoms with Crippen molar-refractivity contribution in [3.8, 4) is 11.5 Å². The monoisotopic (exact) mass is 1810 g/mol. The van der Waals surface area contributed by atoms with Crippen LogP contribution in [0.4, 0.5) is 5.69 Å². The number of nitrogens with zero attached hydrogens (tertiary/aromatic N) is 8. The number of carboxylic acids is 5. The van der Waals surface area contributed by atoms with Gasteiger partial charge in [0.2, 0.25) is 4.91 Å². The summed E-state index contributed by atoms with van der Waals surface area (Å²) in [5.74, 6) is -3.51.